The van der Waals surface area contributed by atoms with Gasteiger partial charge in [-0.05, 0) is 37.5 Å². The zero-order chi connectivity index (χ0) is 38.6. The van der Waals surface area contributed by atoms with Crippen LogP contribution in [0.25, 0.3) is 0 Å². The van der Waals surface area contributed by atoms with Crippen molar-refractivity contribution in [3.8, 4) is 5.75 Å². The molecule has 5 atom stereocenters. The van der Waals surface area contributed by atoms with E-state index in [2.05, 4.69) is 21.3 Å². The highest BCUT2D eigenvalue weighted by Gasteiger charge is 2.45. The van der Waals surface area contributed by atoms with E-state index in [-0.39, 0.29) is 31.7 Å². The van der Waals surface area contributed by atoms with Gasteiger partial charge in [-0.25, -0.2) is 4.79 Å². The number of carboxylic acids is 1. The Labute approximate surface area is 288 Å². The number of aliphatic carboxylic acids is 1. The first-order valence-electron chi connectivity index (χ1n) is 15.5. The molecule has 2 fully saturated rings. The van der Waals surface area contributed by atoms with Gasteiger partial charge in [0.05, 0.1) is 19.2 Å². The molecule has 3 rings (SSSR count). The average Bonchev–Trinajstić information content (AvgIpc) is 3.69. The van der Waals surface area contributed by atoms with Crippen molar-refractivity contribution in [2.75, 3.05) is 26.2 Å². The molecule has 0 radical (unpaired) electrons. The van der Waals surface area contributed by atoms with Crippen LogP contribution in [0.2, 0.25) is 0 Å². The molecular formula is C30H40F3N7O11. The lowest BCUT2D eigenvalue weighted by Gasteiger charge is -2.32. The molecule has 9 N–H and O–H groups in total. The number of halogens is 3. The minimum absolute atomic E-state index is 0.0485. The number of carboxylic acid groups (broad SMARTS) is 1. The Morgan fingerprint density at radius 2 is 1.57 bits per heavy atom. The Morgan fingerprint density at radius 3 is 2.12 bits per heavy atom. The summed E-state index contributed by atoms with van der Waals surface area (Å²) in [7, 11) is 0. The minimum Gasteiger partial charge on any atom is -0.508 e. The van der Waals surface area contributed by atoms with E-state index in [4.69, 9.17) is 15.6 Å². The zero-order valence-corrected chi connectivity index (χ0v) is 27.6. The van der Waals surface area contributed by atoms with Crippen LogP contribution in [0.4, 0.5) is 13.2 Å². The summed E-state index contributed by atoms with van der Waals surface area (Å²) in [5.41, 5.74) is 5.66. The number of benzene rings is 1. The number of phenols is 1. The van der Waals surface area contributed by atoms with Gasteiger partial charge in [-0.2, -0.15) is 13.2 Å². The van der Waals surface area contributed by atoms with Crippen LogP contribution in [-0.2, 0) is 44.8 Å². The first kappa shape index (κ1) is 41.7. The number of aliphatic hydroxyl groups is 1. The van der Waals surface area contributed by atoms with Gasteiger partial charge in [0.15, 0.2) is 0 Å². The first-order valence-corrected chi connectivity index (χ1v) is 15.5. The number of nitrogens with one attached hydrogen (secondary N) is 4. The van der Waals surface area contributed by atoms with Gasteiger partial charge in [0, 0.05) is 32.9 Å². The maximum atomic E-state index is 13.7. The molecule has 51 heavy (non-hydrogen) atoms. The van der Waals surface area contributed by atoms with Crippen LogP contribution >= 0.6 is 0 Å². The molecule has 1 aromatic rings. The number of rotatable bonds is 12. The molecule has 282 valence electrons. The van der Waals surface area contributed by atoms with E-state index >= 15 is 0 Å². The predicted molar refractivity (Wildman–Crippen MR) is 167 cm³/mol. The number of carbonyl (C=O) groups is 8. The summed E-state index contributed by atoms with van der Waals surface area (Å²) in [5.74, 6) is -6.98. The highest BCUT2D eigenvalue weighted by atomic mass is 19.4. The molecule has 2 aliphatic rings. The van der Waals surface area contributed by atoms with Crippen molar-refractivity contribution >= 4 is 47.3 Å². The number of primary amides is 1. The SMILES string of the molecule is CC(=O)N[C@H](Cc1ccc(O)cc1)C(=O)N1CCC[C@@H]1C(=O)N1C[C@@H](O)C[C@@H]1C(=O)NCC(=O)N[C@H](C)C(=O)NCC(N)=O.O=C(O)C(F)(F)F. The Hall–Kier alpha value is -5.47. The van der Waals surface area contributed by atoms with Gasteiger partial charge in [-0.15, -0.1) is 0 Å². The predicted octanol–water partition coefficient (Wildman–Crippen LogP) is -2.75. The monoisotopic (exact) mass is 731 g/mol. The summed E-state index contributed by atoms with van der Waals surface area (Å²) >= 11 is 0. The second-order valence-electron chi connectivity index (χ2n) is 11.7. The molecule has 1 aromatic carbocycles. The van der Waals surface area contributed by atoms with Crippen molar-refractivity contribution in [2.24, 2.45) is 5.73 Å². The van der Waals surface area contributed by atoms with Crippen LogP contribution < -0.4 is 27.0 Å². The third-order valence-electron chi connectivity index (χ3n) is 7.61. The molecule has 0 saturated carbocycles. The fourth-order valence-corrected chi connectivity index (χ4v) is 5.27. The summed E-state index contributed by atoms with van der Waals surface area (Å²) in [6.45, 7) is 1.82. The molecule has 0 spiro atoms. The average molecular weight is 732 g/mol. The lowest BCUT2D eigenvalue weighted by atomic mass is 10.0. The number of alkyl halides is 3. The number of likely N-dealkylation sites (tertiary alicyclic amines) is 2. The van der Waals surface area contributed by atoms with Gasteiger partial charge in [0.25, 0.3) is 0 Å². The number of hydrogen-bond acceptors (Lipinski definition) is 10. The molecular weight excluding hydrogens is 691 g/mol. The normalized spacial score (nSPS) is 19.5. The van der Waals surface area contributed by atoms with Crippen molar-refractivity contribution in [1.82, 2.24) is 31.1 Å². The fourth-order valence-electron chi connectivity index (χ4n) is 5.27. The molecule has 0 bridgehead atoms. The smallest absolute Gasteiger partial charge is 0.490 e. The van der Waals surface area contributed by atoms with Crippen molar-refractivity contribution in [1.29, 1.82) is 0 Å². The number of nitrogens with two attached hydrogens (primary N) is 1. The van der Waals surface area contributed by atoms with Gasteiger partial charge in [0.2, 0.25) is 41.4 Å². The Bertz CT molecular complexity index is 1480. The van der Waals surface area contributed by atoms with Gasteiger partial charge in [0.1, 0.15) is 29.9 Å². The van der Waals surface area contributed by atoms with Crippen LogP contribution in [0.3, 0.4) is 0 Å². The Kier molecular flexibility index (Phi) is 15.1. The maximum absolute atomic E-state index is 13.7. The first-order chi connectivity index (χ1) is 23.7. The van der Waals surface area contributed by atoms with Crippen LogP contribution in [0, 0.1) is 0 Å². The zero-order valence-electron chi connectivity index (χ0n) is 27.6. The van der Waals surface area contributed by atoms with Gasteiger partial charge in [-0.3, -0.25) is 33.6 Å². The van der Waals surface area contributed by atoms with Crippen molar-refractivity contribution in [3.63, 3.8) is 0 Å². The second kappa shape index (κ2) is 18.5. The number of carbonyl (C=O) groups excluding carboxylic acids is 7. The third-order valence-corrected chi connectivity index (χ3v) is 7.61. The topological polar surface area (TPSA) is 278 Å². The highest BCUT2D eigenvalue weighted by Crippen LogP contribution is 2.26. The second-order valence-corrected chi connectivity index (χ2v) is 11.7. The third kappa shape index (κ3) is 13.1. The quantitative estimate of drug-likeness (QED) is 0.109. The molecule has 7 amide bonds. The summed E-state index contributed by atoms with van der Waals surface area (Å²) < 4.78 is 31.7. The fraction of sp³-hybridized carbons (Fsp3) is 0.533. The maximum Gasteiger partial charge on any atom is 0.490 e. The number of amides is 7. The molecule has 0 aliphatic carbocycles. The highest BCUT2D eigenvalue weighted by molar-refractivity contribution is 5.96. The lowest BCUT2D eigenvalue weighted by molar-refractivity contribution is -0.192. The number of β-amino-alcohol motifs (C(OH)–C–C–N with tert-alkyl or cyclic N) is 1. The minimum atomic E-state index is -5.08. The summed E-state index contributed by atoms with van der Waals surface area (Å²) in [4.78, 5) is 98.8. The van der Waals surface area contributed by atoms with E-state index in [1.807, 2.05) is 0 Å². The van der Waals surface area contributed by atoms with Crippen LogP contribution in [-0.4, -0.2) is 135 Å². The molecule has 0 aromatic heterocycles. The summed E-state index contributed by atoms with van der Waals surface area (Å²) in [6, 6.07) is 2.13. The summed E-state index contributed by atoms with van der Waals surface area (Å²) in [5, 5.41) is 36.7. The molecule has 18 nitrogen and oxygen atoms in total. The van der Waals surface area contributed by atoms with Crippen molar-refractivity contribution in [3.05, 3.63) is 29.8 Å². The van der Waals surface area contributed by atoms with E-state index in [1.165, 1.54) is 35.8 Å². The van der Waals surface area contributed by atoms with Crippen LogP contribution in [0.1, 0.15) is 38.7 Å². The molecule has 2 saturated heterocycles. The largest absolute Gasteiger partial charge is 0.508 e. The van der Waals surface area contributed by atoms with E-state index < -0.39 is 96.9 Å². The van der Waals surface area contributed by atoms with E-state index in [9.17, 15) is 56.9 Å². The van der Waals surface area contributed by atoms with Crippen LogP contribution in [0.5, 0.6) is 5.75 Å². The number of aromatic hydroxyl groups is 1. The number of hydrogen-bond donors (Lipinski definition) is 8. The Morgan fingerprint density at radius 1 is 0.961 bits per heavy atom. The Balaban J connectivity index is 0.00000116. The molecule has 2 heterocycles. The van der Waals surface area contributed by atoms with E-state index in [0.29, 0.717) is 18.4 Å². The molecule has 0 unspecified atom stereocenters. The number of nitrogens with zero attached hydrogens (tertiary/aromatic N) is 2. The molecule has 2 aliphatic heterocycles. The summed E-state index contributed by atoms with van der Waals surface area (Å²) in [6.07, 6.45) is -5.23. The van der Waals surface area contributed by atoms with Gasteiger partial charge in [-0.1, -0.05) is 12.1 Å². The number of aliphatic hydroxyl groups excluding tert-OH is 1. The van der Waals surface area contributed by atoms with Crippen molar-refractivity contribution < 1.29 is 66.8 Å². The standard InChI is InChI=1S/C28H39N7O9.C2HF3O2/c1-15(25(41)30-12-23(29)39)32-24(40)13-31-26(42)22-11-19(38)14-35(22)28(44)21-4-3-9-34(21)27(43)20(33-16(2)36)10-17-5-7-18(37)8-6-17;3-2(4,5)1(6)7/h5-8,15,19-22,37-38H,3-4,9-14H2,1-2H3,(H2,29,39)(H,30,41)(H,31,42)(H,32,40)(H,33,36);(H,6,7)/t15-,19+,20-,21-,22-;/m1./s1. The van der Waals surface area contributed by atoms with Gasteiger partial charge < -0.3 is 52.1 Å². The molecule has 21 heteroatoms. The van der Waals surface area contributed by atoms with Gasteiger partial charge >= 0.3 is 12.1 Å². The van der Waals surface area contributed by atoms with Crippen molar-refractivity contribution in [2.45, 2.75) is 76.0 Å². The number of phenolic OH excluding ortho intramolecular Hbond substituents is 1. The lowest BCUT2D eigenvalue weighted by Crippen LogP contribution is -2.57. The van der Waals surface area contributed by atoms with E-state index in [0.717, 1.165) is 0 Å². The van der Waals surface area contributed by atoms with E-state index in [1.54, 1.807) is 12.1 Å². The van der Waals surface area contributed by atoms with Crippen LogP contribution in [0.15, 0.2) is 24.3 Å².